The van der Waals surface area contributed by atoms with Crippen molar-refractivity contribution in [3.63, 3.8) is 0 Å². The van der Waals surface area contributed by atoms with Gasteiger partial charge in [0.1, 0.15) is 0 Å². The third-order valence-corrected chi connectivity index (χ3v) is 5.09. The molecule has 0 radical (unpaired) electrons. The zero-order valence-electron chi connectivity index (χ0n) is 5.68. The van der Waals surface area contributed by atoms with Gasteiger partial charge >= 0.3 is 0 Å². The Kier molecular flexibility index (Phi) is 4.02. The van der Waals surface area contributed by atoms with Gasteiger partial charge < -0.3 is 0 Å². The van der Waals surface area contributed by atoms with Gasteiger partial charge in [0.2, 0.25) is 0 Å². The van der Waals surface area contributed by atoms with Crippen LogP contribution in [0.15, 0.2) is 29.4 Å². The van der Waals surface area contributed by atoms with Crippen molar-refractivity contribution in [3.8, 4) is 0 Å². The number of thiol groups is 6. The second-order valence-corrected chi connectivity index (χ2v) is 4.77. The Balaban J connectivity index is 3.60. The summed E-state index contributed by atoms with van der Waals surface area (Å²) in [4.78, 5) is 4.05. The molecule has 0 spiro atoms. The molecule has 0 aliphatic rings. The Labute approximate surface area is 104 Å². The molecule has 0 saturated carbocycles. The number of benzene rings is 1. The molecule has 0 atom stereocenters. The molecule has 0 aromatic heterocycles. The van der Waals surface area contributed by atoms with Crippen LogP contribution in [0.2, 0.25) is 0 Å². The molecule has 66 valence electrons. The smallest absolute Gasteiger partial charge is 0.0331 e. The first kappa shape index (κ1) is 11.4. The van der Waals surface area contributed by atoms with E-state index < -0.39 is 0 Å². The predicted molar refractivity (Wildman–Crippen MR) is 70.0 cm³/mol. The van der Waals surface area contributed by atoms with Crippen LogP contribution < -0.4 is 0 Å². The van der Waals surface area contributed by atoms with Crippen molar-refractivity contribution in [1.82, 2.24) is 0 Å². The third kappa shape index (κ3) is 1.88. The molecule has 0 nitrogen and oxygen atoms in total. The minimum atomic E-state index is 0.675. The van der Waals surface area contributed by atoms with Crippen molar-refractivity contribution >= 4 is 75.8 Å². The van der Waals surface area contributed by atoms with Crippen molar-refractivity contribution < 1.29 is 0 Å². The monoisotopic (exact) mass is 270 g/mol. The standard InChI is InChI=1S/C6H6S6/c7-1-2(8)4(10)6(12)5(11)3(1)9/h7-12H. The maximum Gasteiger partial charge on any atom is 0.0331 e. The average molecular weight is 271 g/mol. The summed E-state index contributed by atoms with van der Waals surface area (Å²) in [6, 6.07) is 0. The fourth-order valence-electron chi connectivity index (χ4n) is 0.673. The summed E-state index contributed by atoms with van der Waals surface area (Å²) < 4.78 is 0. The maximum atomic E-state index is 4.21. The molecular weight excluding hydrogens is 264 g/mol. The minimum Gasteiger partial charge on any atom is -0.141 e. The Morgan fingerprint density at radius 3 is 0.500 bits per heavy atom. The highest BCUT2D eigenvalue weighted by atomic mass is 32.1. The Bertz CT molecular complexity index is 226. The van der Waals surface area contributed by atoms with E-state index in [4.69, 9.17) is 0 Å². The first-order valence-electron chi connectivity index (χ1n) is 2.84. The van der Waals surface area contributed by atoms with Crippen LogP contribution in [0.1, 0.15) is 0 Å². The minimum absolute atomic E-state index is 0.675. The van der Waals surface area contributed by atoms with Crippen LogP contribution in [0.3, 0.4) is 0 Å². The number of rotatable bonds is 0. The van der Waals surface area contributed by atoms with Gasteiger partial charge in [-0.15, -0.1) is 75.8 Å². The van der Waals surface area contributed by atoms with Crippen LogP contribution in [0.4, 0.5) is 0 Å². The van der Waals surface area contributed by atoms with Gasteiger partial charge in [-0.1, -0.05) is 0 Å². The Morgan fingerprint density at radius 1 is 0.333 bits per heavy atom. The van der Waals surface area contributed by atoms with E-state index in [1.54, 1.807) is 0 Å². The molecule has 0 N–H and O–H groups in total. The van der Waals surface area contributed by atoms with E-state index >= 15 is 0 Å². The van der Waals surface area contributed by atoms with Crippen LogP contribution in [0, 0.1) is 0 Å². The molecule has 0 amide bonds. The topological polar surface area (TPSA) is 0 Å². The first-order valence-corrected chi connectivity index (χ1v) is 5.52. The molecule has 0 fully saturated rings. The van der Waals surface area contributed by atoms with E-state index in [-0.39, 0.29) is 0 Å². The van der Waals surface area contributed by atoms with Crippen molar-refractivity contribution in [3.05, 3.63) is 0 Å². The largest absolute Gasteiger partial charge is 0.141 e. The van der Waals surface area contributed by atoms with Crippen LogP contribution >= 0.6 is 75.8 Å². The van der Waals surface area contributed by atoms with Gasteiger partial charge in [0, 0.05) is 29.4 Å². The molecule has 1 aromatic carbocycles. The summed E-state index contributed by atoms with van der Waals surface area (Å²) in [7, 11) is 0. The van der Waals surface area contributed by atoms with Crippen molar-refractivity contribution in [2.75, 3.05) is 0 Å². The number of hydrogen-bond donors (Lipinski definition) is 6. The van der Waals surface area contributed by atoms with Crippen LogP contribution in [0.5, 0.6) is 0 Å². The molecule has 0 aliphatic heterocycles. The number of hydrogen-bond acceptors (Lipinski definition) is 6. The second-order valence-electron chi connectivity index (χ2n) is 2.09. The lowest BCUT2D eigenvalue weighted by molar-refractivity contribution is 0.892. The Morgan fingerprint density at radius 2 is 0.417 bits per heavy atom. The van der Waals surface area contributed by atoms with Crippen LogP contribution in [-0.4, -0.2) is 0 Å². The molecule has 1 aromatic rings. The second kappa shape index (κ2) is 4.23. The third-order valence-electron chi connectivity index (χ3n) is 1.35. The molecule has 0 unspecified atom stereocenters. The van der Waals surface area contributed by atoms with Gasteiger partial charge in [0.25, 0.3) is 0 Å². The normalized spacial score (nSPS) is 10.5. The molecule has 6 heteroatoms. The van der Waals surface area contributed by atoms with E-state index in [2.05, 4.69) is 75.8 Å². The van der Waals surface area contributed by atoms with Crippen molar-refractivity contribution in [1.29, 1.82) is 0 Å². The van der Waals surface area contributed by atoms with Crippen LogP contribution in [0.25, 0.3) is 0 Å². The highest BCUT2D eigenvalue weighted by Crippen LogP contribution is 2.40. The molecule has 0 bridgehead atoms. The summed E-state index contributed by atoms with van der Waals surface area (Å²) in [6.07, 6.45) is 0. The highest BCUT2D eigenvalue weighted by Gasteiger charge is 2.12. The lowest BCUT2D eigenvalue weighted by Crippen LogP contribution is -1.84. The zero-order valence-corrected chi connectivity index (χ0v) is 11.0. The highest BCUT2D eigenvalue weighted by molar-refractivity contribution is 7.88. The predicted octanol–water partition coefficient (Wildman–Crippen LogP) is 3.42. The fourth-order valence-corrected chi connectivity index (χ4v) is 2.54. The Hall–Kier alpha value is 1.32. The summed E-state index contributed by atoms with van der Waals surface area (Å²) in [5.41, 5.74) is 0. The fraction of sp³-hybridized carbons (Fsp3) is 0. The lowest BCUT2D eigenvalue weighted by atomic mass is 10.3. The molecule has 0 heterocycles. The van der Waals surface area contributed by atoms with Gasteiger partial charge in [-0.05, 0) is 0 Å². The molecular formula is C6H6S6. The van der Waals surface area contributed by atoms with E-state index in [0.29, 0.717) is 29.4 Å². The zero-order chi connectivity index (χ0) is 9.46. The quantitative estimate of drug-likeness (QED) is 0.383. The summed E-state index contributed by atoms with van der Waals surface area (Å²) in [6.45, 7) is 0. The summed E-state index contributed by atoms with van der Waals surface area (Å²) in [5.74, 6) is 0. The lowest BCUT2D eigenvalue weighted by Gasteiger charge is -2.11. The van der Waals surface area contributed by atoms with E-state index in [9.17, 15) is 0 Å². The van der Waals surface area contributed by atoms with Crippen molar-refractivity contribution in [2.45, 2.75) is 29.4 Å². The van der Waals surface area contributed by atoms with E-state index in [0.717, 1.165) is 0 Å². The average Bonchev–Trinajstić information content (AvgIpc) is 2.08. The molecule has 12 heavy (non-hydrogen) atoms. The maximum absolute atomic E-state index is 4.21. The van der Waals surface area contributed by atoms with E-state index in [1.165, 1.54) is 0 Å². The van der Waals surface area contributed by atoms with Gasteiger partial charge in [0.05, 0.1) is 0 Å². The van der Waals surface area contributed by atoms with Crippen molar-refractivity contribution in [2.24, 2.45) is 0 Å². The first-order chi connectivity index (χ1) is 5.46. The SMILES string of the molecule is Sc1c(S)c(S)c(S)c(S)c1S. The van der Waals surface area contributed by atoms with Crippen LogP contribution in [-0.2, 0) is 0 Å². The van der Waals surface area contributed by atoms with Gasteiger partial charge in [-0.3, -0.25) is 0 Å². The van der Waals surface area contributed by atoms with Gasteiger partial charge in [-0.2, -0.15) is 0 Å². The van der Waals surface area contributed by atoms with Gasteiger partial charge in [0.15, 0.2) is 0 Å². The van der Waals surface area contributed by atoms with E-state index in [1.807, 2.05) is 0 Å². The summed E-state index contributed by atoms with van der Waals surface area (Å²) >= 11 is 25.3. The summed E-state index contributed by atoms with van der Waals surface area (Å²) in [5, 5.41) is 0. The van der Waals surface area contributed by atoms with Gasteiger partial charge in [-0.25, -0.2) is 0 Å². The molecule has 0 aliphatic carbocycles. The molecule has 1 rings (SSSR count). The molecule has 0 saturated heterocycles.